The quantitative estimate of drug-likeness (QED) is 0.337. The van der Waals surface area contributed by atoms with Crippen LogP contribution < -0.4 is 21.7 Å². The highest BCUT2D eigenvalue weighted by Crippen LogP contribution is 2.21. The fraction of sp³-hybridized carbons (Fsp3) is 0.269. The van der Waals surface area contributed by atoms with Crippen LogP contribution in [-0.2, 0) is 0 Å². The second kappa shape index (κ2) is 11.9. The Morgan fingerprint density at radius 2 is 1.86 bits per heavy atom. The fourth-order valence-electron chi connectivity index (χ4n) is 3.52. The van der Waals surface area contributed by atoms with Crippen molar-refractivity contribution in [3.63, 3.8) is 0 Å². The number of hydrogen-bond acceptors (Lipinski definition) is 5. The average Bonchev–Trinajstić information content (AvgIpc) is 2.82. The second-order valence-corrected chi connectivity index (χ2v) is 8.58. The zero-order valence-electron chi connectivity index (χ0n) is 20.1. The molecule has 3 rings (SSSR count). The van der Waals surface area contributed by atoms with Crippen LogP contribution in [-0.4, -0.2) is 42.5 Å². The van der Waals surface area contributed by atoms with Gasteiger partial charge in [0.2, 0.25) is 0 Å². The molecule has 8 nitrogen and oxygen atoms in total. The number of rotatable bonds is 9. The van der Waals surface area contributed by atoms with Gasteiger partial charge in [0.25, 0.3) is 5.91 Å². The zero-order chi connectivity index (χ0) is 25.4. The van der Waals surface area contributed by atoms with Gasteiger partial charge < -0.3 is 26.6 Å². The van der Waals surface area contributed by atoms with Gasteiger partial charge in [-0.25, -0.2) is 9.18 Å². The van der Waals surface area contributed by atoms with E-state index < -0.39 is 6.03 Å². The molecule has 5 N–H and O–H groups in total. The van der Waals surface area contributed by atoms with Crippen LogP contribution in [0.1, 0.15) is 40.5 Å². The number of nitrogens with two attached hydrogens (primary N) is 1. The van der Waals surface area contributed by atoms with Crippen molar-refractivity contribution in [2.75, 3.05) is 37.0 Å². The molecule has 35 heavy (non-hydrogen) atoms. The summed E-state index contributed by atoms with van der Waals surface area (Å²) in [5, 5.41) is 8.47. The van der Waals surface area contributed by atoms with Crippen molar-refractivity contribution in [2.24, 2.45) is 0 Å². The Hall–Kier alpha value is -3.98. The van der Waals surface area contributed by atoms with Gasteiger partial charge in [0, 0.05) is 11.9 Å². The Morgan fingerprint density at radius 3 is 2.51 bits per heavy atom. The van der Waals surface area contributed by atoms with Crippen LogP contribution in [0.25, 0.3) is 0 Å². The average molecular weight is 479 g/mol. The van der Waals surface area contributed by atoms with E-state index in [2.05, 4.69) is 25.8 Å². The number of nitrogens with zero attached hydrogens (tertiary/aromatic N) is 2. The lowest BCUT2D eigenvalue weighted by Crippen LogP contribution is -2.33. The van der Waals surface area contributed by atoms with E-state index in [1.54, 1.807) is 55.6 Å². The number of amides is 3. The van der Waals surface area contributed by atoms with Crippen LogP contribution in [0.5, 0.6) is 0 Å². The third kappa shape index (κ3) is 7.51. The first kappa shape index (κ1) is 25.6. The normalized spacial score (nSPS) is 11.7. The molecule has 3 aromatic rings. The summed E-state index contributed by atoms with van der Waals surface area (Å²) in [5.74, 6) is -0.710. The second-order valence-electron chi connectivity index (χ2n) is 8.58. The molecule has 1 unspecified atom stereocenters. The van der Waals surface area contributed by atoms with Crippen molar-refractivity contribution in [1.82, 2.24) is 15.2 Å². The van der Waals surface area contributed by atoms with E-state index in [0.29, 0.717) is 29.0 Å². The summed E-state index contributed by atoms with van der Waals surface area (Å²) in [5.41, 5.74) is 8.81. The van der Waals surface area contributed by atoms with Crippen LogP contribution in [0.15, 0.2) is 60.8 Å². The van der Waals surface area contributed by atoms with Gasteiger partial charge in [-0.05, 0) is 87.9 Å². The molecule has 0 radical (unpaired) electrons. The Labute approximate surface area is 204 Å². The highest BCUT2D eigenvalue weighted by Gasteiger charge is 2.17. The lowest BCUT2D eigenvalue weighted by Gasteiger charge is -2.21. The number of benzene rings is 2. The van der Waals surface area contributed by atoms with E-state index in [1.807, 2.05) is 14.1 Å². The molecule has 1 heterocycles. The van der Waals surface area contributed by atoms with E-state index in [4.69, 9.17) is 5.73 Å². The number of urea groups is 1. The van der Waals surface area contributed by atoms with E-state index in [0.717, 1.165) is 18.5 Å². The number of pyridine rings is 1. The van der Waals surface area contributed by atoms with Gasteiger partial charge in [0.1, 0.15) is 11.5 Å². The maximum Gasteiger partial charge on any atom is 0.319 e. The summed E-state index contributed by atoms with van der Waals surface area (Å²) >= 11 is 0. The number of para-hydroxylation sites is 2. The fourth-order valence-corrected chi connectivity index (χ4v) is 3.52. The number of aromatic nitrogens is 1. The maximum absolute atomic E-state index is 13.5. The maximum atomic E-state index is 13.5. The summed E-state index contributed by atoms with van der Waals surface area (Å²) in [6.45, 7) is 2.49. The summed E-state index contributed by atoms with van der Waals surface area (Å²) in [7, 11) is 3.97. The topological polar surface area (TPSA) is 112 Å². The minimum atomic E-state index is -0.410. The molecule has 0 aliphatic carbocycles. The molecule has 0 saturated heterocycles. The molecule has 0 bridgehead atoms. The van der Waals surface area contributed by atoms with Crippen LogP contribution in [0.2, 0.25) is 0 Å². The molecule has 3 amide bonds. The van der Waals surface area contributed by atoms with Gasteiger partial charge in [-0.2, -0.15) is 0 Å². The number of nitrogens with one attached hydrogen (secondary N) is 3. The van der Waals surface area contributed by atoms with Crippen molar-refractivity contribution in [3.05, 3.63) is 83.4 Å². The van der Waals surface area contributed by atoms with Crippen LogP contribution in [0.4, 0.5) is 26.2 Å². The van der Waals surface area contributed by atoms with E-state index in [1.165, 1.54) is 12.1 Å². The SMILES string of the molecule is Cc1cc(NC(=O)NC(CCCN(C)C)c2ccc(C(=O)Nc3ccccc3N)nc2)ccc1F. The first-order valence-corrected chi connectivity index (χ1v) is 11.3. The summed E-state index contributed by atoms with van der Waals surface area (Å²) in [4.78, 5) is 31.6. The van der Waals surface area contributed by atoms with Gasteiger partial charge in [-0.15, -0.1) is 0 Å². The molecule has 0 saturated carbocycles. The summed E-state index contributed by atoms with van der Waals surface area (Å²) in [6.07, 6.45) is 3.09. The molecule has 1 atom stereocenters. The highest BCUT2D eigenvalue weighted by molar-refractivity contribution is 6.04. The number of hydrogen-bond donors (Lipinski definition) is 4. The Balaban J connectivity index is 1.70. The summed E-state index contributed by atoms with van der Waals surface area (Å²) in [6, 6.07) is 14.0. The van der Waals surface area contributed by atoms with Crippen molar-refractivity contribution >= 4 is 29.0 Å². The summed E-state index contributed by atoms with van der Waals surface area (Å²) < 4.78 is 13.5. The van der Waals surface area contributed by atoms with Gasteiger partial charge in [0.15, 0.2) is 0 Å². The number of aryl methyl sites for hydroxylation is 1. The van der Waals surface area contributed by atoms with Gasteiger partial charge in [0.05, 0.1) is 17.4 Å². The largest absolute Gasteiger partial charge is 0.397 e. The van der Waals surface area contributed by atoms with Crippen molar-refractivity contribution in [2.45, 2.75) is 25.8 Å². The predicted octanol–water partition coefficient (Wildman–Crippen LogP) is 4.57. The van der Waals surface area contributed by atoms with Gasteiger partial charge in [-0.1, -0.05) is 18.2 Å². The molecular weight excluding hydrogens is 447 g/mol. The molecular formula is C26H31FN6O2. The molecule has 0 aliphatic heterocycles. The third-order valence-corrected chi connectivity index (χ3v) is 5.45. The molecule has 1 aromatic heterocycles. The molecule has 2 aromatic carbocycles. The smallest absolute Gasteiger partial charge is 0.319 e. The monoisotopic (exact) mass is 478 g/mol. The molecule has 9 heteroatoms. The molecule has 0 spiro atoms. The Kier molecular flexibility index (Phi) is 8.74. The minimum absolute atomic E-state index is 0.232. The van der Waals surface area contributed by atoms with Crippen molar-refractivity contribution in [3.8, 4) is 0 Å². The zero-order valence-corrected chi connectivity index (χ0v) is 20.1. The van der Waals surface area contributed by atoms with Gasteiger partial charge >= 0.3 is 6.03 Å². The Bertz CT molecular complexity index is 1170. The van der Waals surface area contributed by atoms with E-state index >= 15 is 0 Å². The van der Waals surface area contributed by atoms with Crippen LogP contribution in [0, 0.1) is 12.7 Å². The lowest BCUT2D eigenvalue weighted by molar-refractivity contribution is 0.102. The van der Waals surface area contributed by atoms with Crippen molar-refractivity contribution < 1.29 is 14.0 Å². The predicted molar refractivity (Wildman–Crippen MR) is 137 cm³/mol. The van der Waals surface area contributed by atoms with E-state index in [-0.39, 0.29) is 23.5 Å². The first-order chi connectivity index (χ1) is 16.7. The number of carbonyl (C=O) groups is 2. The lowest BCUT2D eigenvalue weighted by atomic mass is 10.0. The first-order valence-electron chi connectivity index (χ1n) is 11.3. The van der Waals surface area contributed by atoms with E-state index in [9.17, 15) is 14.0 Å². The third-order valence-electron chi connectivity index (χ3n) is 5.45. The number of carbonyl (C=O) groups excluding carboxylic acids is 2. The molecule has 184 valence electrons. The number of nitrogen functional groups attached to an aromatic ring is 1. The van der Waals surface area contributed by atoms with Crippen molar-refractivity contribution in [1.29, 1.82) is 0 Å². The van der Waals surface area contributed by atoms with Crippen LogP contribution >= 0.6 is 0 Å². The van der Waals surface area contributed by atoms with Crippen LogP contribution in [0.3, 0.4) is 0 Å². The number of halogens is 1. The molecule has 0 aliphatic rings. The highest BCUT2D eigenvalue weighted by atomic mass is 19.1. The molecule has 0 fully saturated rings. The standard InChI is InChI=1S/C26H31FN6O2/c1-17-15-19(11-12-20(17)27)30-26(35)32-22(9-6-14-33(2)3)18-10-13-24(29-16-18)25(34)31-23-8-5-4-7-21(23)28/h4-5,7-8,10-13,15-16,22H,6,9,14,28H2,1-3H3,(H,31,34)(H2,30,32,35). The number of anilines is 3. The Morgan fingerprint density at radius 1 is 1.09 bits per heavy atom. The minimum Gasteiger partial charge on any atom is -0.397 e. The van der Waals surface area contributed by atoms with Gasteiger partial charge in [-0.3, -0.25) is 9.78 Å².